The van der Waals surface area contributed by atoms with Crippen LogP contribution in [0.1, 0.15) is 99.5 Å². The second-order valence-corrected chi connectivity index (χ2v) is 18.7. The van der Waals surface area contributed by atoms with Crippen molar-refractivity contribution in [1.29, 1.82) is 0 Å². The normalized spacial score (nSPS) is 29.7. The summed E-state index contributed by atoms with van der Waals surface area (Å²) < 4.78 is 36.3. The van der Waals surface area contributed by atoms with Crippen molar-refractivity contribution in [2.75, 3.05) is 6.61 Å². The van der Waals surface area contributed by atoms with Gasteiger partial charge in [0.2, 0.25) is 6.10 Å². The number of amides is 1. The van der Waals surface area contributed by atoms with Crippen molar-refractivity contribution >= 4 is 47.5 Å². The Hall–Kier alpha value is -6.76. The number of aliphatic carboxylic acids is 1. The van der Waals surface area contributed by atoms with Crippen LogP contribution in [-0.2, 0) is 57.2 Å². The summed E-state index contributed by atoms with van der Waals surface area (Å²) in [5, 5.41) is 38.2. The van der Waals surface area contributed by atoms with Gasteiger partial charge >= 0.3 is 35.8 Å². The number of rotatable bonds is 14. The minimum absolute atomic E-state index is 0.0221. The highest BCUT2D eigenvalue weighted by atomic mass is 16.6. The molecule has 4 aliphatic rings. The minimum atomic E-state index is -2.50. The Labute approximate surface area is 397 Å². The minimum Gasteiger partial charge on any atom is -0.481 e. The van der Waals surface area contributed by atoms with Crippen molar-refractivity contribution in [3.8, 4) is 0 Å². The van der Waals surface area contributed by atoms with Gasteiger partial charge in [-0.05, 0) is 54.8 Å². The van der Waals surface area contributed by atoms with Crippen molar-refractivity contribution in [3.05, 3.63) is 119 Å². The second kappa shape index (κ2) is 19.3. The van der Waals surface area contributed by atoms with Crippen molar-refractivity contribution in [3.63, 3.8) is 0 Å². The number of aliphatic hydroxyl groups is 2. The summed E-state index contributed by atoms with van der Waals surface area (Å²) in [5.74, 6) is -9.78. The maximum atomic E-state index is 15.7. The molecule has 2 unspecified atom stereocenters. The van der Waals surface area contributed by atoms with Gasteiger partial charge in [-0.15, -0.1) is 0 Å². The molecule has 0 radical (unpaired) electrons. The molecule has 3 aromatic carbocycles. The Kier molecular flexibility index (Phi) is 14.0. The molecule has 1 aliphatic heterocycles. The topological polar surface area (TPSA) is 265 Å². The number of benzene rings is 3. The van der Waals surface area contributed by atoms with E-state index in [1.807, 2.05) is 0 Å². The predicted octanol–water partition coefficient (Wildman–Crippen LogP) is 4.15. The summed E-state index contributed by atoms with van der Waals surface area (Å²) in [6.45, 7) is 7.68. The smallest absolute Gasteiger partial charge is 0.350 e. The third-order valence-electron chi connectivity index (χ3n) is 14.3. The van der Waals surface area contributed by atoms with Crippen LogP contribution < -0.4 is 5.32 Å². The van der Waals surface area contributed by atoms with E-state index in [1.54, 1.807) is 66.7 Å². The highest BCUT2D eigenvalue weighted by molar-refractivity contribution is 5.96. The number of aliphatic hydroxyl groups excluding tert-OH is 1. The summed E-state index contributed by atoms with van der Waals surface area (Å²) in [5.41, 5.74) is -7.77. The summed E-state index contributed by atoms with van der Waals surface area (Å²) >= 11 is 0. The number of hydrogen-bond acceptors (Lipinski definition) is 16. The van der Waals surface area contributed by atoms with Gasteiger partial charge in [-0.1, -0.05) is 80.6 Å². The Morgan fingerprint density at radius 1 is 0.812 bits per heavy atom. The van der Waals surface area contributed by atoms with Crippen LogP contribution in [0.15, 0.2) is 102 Å². The number of carboxylic acid groups (broad SMARTS) is 1. The zero-order valence-electron chi connectivity index (χ0n) is 38.9. The van der Waals surface area contributed by atoms with Gasteiger partial charge < -0.3 is 49.1 Å². The highest BCUT2D eigenvalue weighted by Gasteiger charge is 2.78. The van der Waals surface area contributed by atoms with Crippen LogP contribution in [0.3, 0.4) is 0 Å². The van der Waals surface area contributed by atoms with E-state index in [-0.39, 0.29) is 40.9 Å². The quantitative estimate of drug-likeness (QED) is 0.100. The molecule has 3 fully saturated rings. The average Bonchev–Trinajstić information content (AvgIpc) is 3.30. The molecule has 1 heterocycles. The number of hydrogen-bond donors (Lipinski definition) is 4. The molecule has 18 nitrogen and oxygen atoms in total. The van der Waals surface area contributed by atoms with Crippen molar-refractivity contribution in [2.24, 2.45) is 16.7 Å². The van der Waals surface area contributed by atoms with Gasteiger partial charge in [0.25, 0.3) is 5.91 Å². The van der Waals surface area contributed by atoms with Crippen molar-refractivity contribution < 1.29 is 82.1 Å². The molecule has 1 amide bonds. The van der Waals surface area contributed by atoms with Gasteiger partial charge in [-0.2, -0.15) is 0 Å². The van der Waals surface area contributed by atoms with E-state index in [4.69, 9.17) is 28.4 Å². The largest absolute Gasteiger partial charge is 0.481 e. The number of fused-ring (bicyclic) bond motifs is 5. The maximum absolute atomic E-state index is 15.7. The van der Waals surface area contributed by atoms with Crippen LogP contribution in [0.25, 0.3) is 0 Å². The number of carbonyl (C=O) groups is 8. The molecule has 4 N–H and O–H groups in total. The number of esters is 5. The first-order valence-electron chi connectivity index (χ1n) is 22.5. The predicted molar refractivity (Wildman–Crippen MR) is 238 cm³/mol. The first-order valence-corrected chi connectivity index (χ1v) is 22.5. The molecular formula is C51H55NO17. The van der Waals surface area contributed by atoms with E-state index >= 15 is 9.59 Å². The van der Waals surface area contributed by atoms with E-state index in [0.29, 0.717) is 0 Å². The lowest BCUT2D eigenvalue weighted by Crippen LogP contribution is -2.82. The molecule has 1 saturated heterocycles. The summed E-state index contributed by atoms with van der Waals surface area (Å²) in [4.78, 5) is 110. The van der Waals surface area contributed by atoms with Crippen LogP contribution in [0.2, 0.25) is 0 Å². The molecule has 7 rings (SSSR count). The highest BCUT2D eigenvalue weighted by Crippen LogP contribution is 2.64. The Morgan fingerprint density at radius 3 is 1.96 bits per heavy atom. The molecule has 366 valence electrons. The van der Waals surface area contributed by atoms with Gasteiger partial charge in [0.15, 0.2) is 17.5 Å². The third-order valence-corrected chi connectivity index (χ3v) is 14.3. The number of ether oxygens (including phenoxy) is 6. The molecule has 2 saturated carbocycles. The average molecular weight is 954 g/mol. The number of nitrogens with one attached hydrogen (secondary N) is 1. The molecule has 18 heteroatoms. The molecule has 0 aromatic heterocycles. The number of Topliss-reactive ketones (excluding diaryl/α,β-unsaturated/α-hetero) is 1. The SMILES string of the molecule is CC(=O)O[C@H]1C(=O)[C@@]2(C)C([C@H](OC(=O)c3ccccc3)[C@]3(O)C[C@H](OC(=O)[C@H](OC(=O)CCC(=O)O)[C@@H](NC(=O)c4ccccc4)c4ccccc4)C(C)=C1C3(C)C)[C@]1(OC(C)=O)COC1C[C@@H]2O. The zero-order valence-corrected chi connectivity index (χ0v) is 38.9. The second-order valence-electron chi connectivity index (χ2n) is 18.7. The standard InChI is InChI=1S/C51H55NO17/c1-27-33(66-47(62)41(67-37(58)23-22-36(56)57)39(30-16-10-7-11-17-30)52-45(60)31-18-12-8-13-19-31)25-51(63)44(68-46(61)32-20-14-9-15-21-32)42-49(6,34(55)24-35-50(42,26-64-35)69-29(3)54)43(59)40(65-28(2)53)38(27)48(51,4)5/h7-21,33-35,39-42,44,55,63H,22-26H2,1-6H3,(H,52,60)(H,56,57)/t33-,34-,35?,39-,40+,41+,42?,44-,49+,50-,51+/m0/s1. The van der Waals surface area contributed by atoms with Gasteiger partial charge in [0.05, 0.1) is 42.4 Å². The molecule has 2 bridgehead atoms. The summed E-state index contributed by atoms with van der Waals surface area (Å²) in [7, 11) is 0. The molecule has 11 atom stereocenters. The lowest BCUT2D eigenvalue weighted by Gasteiger charge is -2.67. The zero-order chi connectivity index (χ0) is 50.2. The van der Waals surface area contributed by atoms with Crippen LogP contribution in [0.4, 0.5) is 0 Å². The van der Waals surface area contributed by atoms with Crippen molar-refractivity contribution in [1.82, 2.24) is 5.32 Å². The third kappa shape index (κ3) is 9.15. The van der Waals surface area contributed by atoms with Crippen LogP contribution in [0.5, 0.6) is 0 Å². The lowest BCUT2D eigenvalue weighted by molar-refractivity contribution is -0.346. The van der Waals surface area contributed by atoms with Gasteiger partial charge in [0, 0.05) is 37.7 Å². The first kappa shape index (κ1) is 50.1. The molecule has 3 aliphatic carbocycles. The van der Waals surface area contributed by atoms with E-state index in [1.165, 1.54) is 52.0 Å². The maximum Gasteiger partial charge on any atom is 0.350 e. The Balaban J connectivity index is 1.42. The van der Waals surface area contributed by atoms with Gasteiger partial charge in [-0.25, -0.2) is 9.59 Å². The molecule has 3 aromatic rings. The van der Waals surface area contributed by atoms with E-state index < -0.39 is 137 Å². The van der Waals surface area contributed by atoms with Gasteiger partial charge in [0.1, 0.15) is 30.0 Å². The summed E-state index contributed by atoms with van der Waals surface area (Å²) in [6.07, 6.45) is -12.5. The molecule has 69 heavy (non-hydrogen) atoms. The fourth-order valence-corrected chi connectivity index (χ4v) is 10.7. The van der Waals surface area contributed by atoms with E-state index in [0.717, 1.165) is 13.8 Å². The Morgan fingerprint density at radius 2 is 1.41 bits per heavy atom. The van der Waals surface area contributed by atoms with Crippen LogP contribution in [-0.4, -0.2) is 117 Å². The van der Waals surface area contributed by atoms with Crippen LogP contribution in [0, 0.1) is 16.7 Å². The fourth-order valence-electron chi connectivity index (χ4n) is 10.7. The Bertz CT molecular complexity index is 2550. The monoisotopic (exact) mass is 953 g/mol. The molecular weight excluding hydrogens is 899 g/mol. The lowest BCUT2D eigenvalue weighted by atomic mass is 9.44. The van der Waals surface area contributed by atoms with Crippen LogP contribution >= 0.6 is 0 Å². The molecule has 0 spiro atoms. The summed E-state index contributed by atoms with van der Waals surface area (Å²) in [6, 6.07) is 22.1. The first-order chi connectivity index (χ1) is 32.6. The fraction of sp³-hybridized carbons (Fsp3) is 0.451. The van der Waals surface area contributed by atoms with Crippen molar-refractivity contribution in [2.45, 2.75) is 121 Å². The number of carbonyl (C=O) groups excluding carboxylic acids is 7. The van der Waals surface area contributed by atoms with E-state index in [9.17, 15) is 44.1 Å². The van der Waals surface area contributed by atoms with E-state index in [2.05, 4.69) is 5.32 Å². The number of ketones is 1. The number of carboxylic acids is 1. The van der Waals surface area contributed by atoms with Gasteiger partial charge in [-0.3, -0.25) is 28.8 Å².